The molecular weight excluding hydrogens is 436 g/mol. The van der Waals surface area contributed by atoms with E-state index in [1.54, 1.807) is 12.1 Å². The van der Waals surface area contributed by atoms with E-state index in [1.807, 2.05) is 17.0 Å². The number of phenols is 1. The number of benzene rings is 1. The zero-order valence-electron chi connectivity index (χ0n) is 20.1. The van der Waals surface area contributed by atoms with Crippen molar-refractivity contribution in [1.29, 1.82) is 0 Å². The first-order valence-corrected chi connectivity index (χ1v) is 12.2. The molecule has 3 aliphatic rings. The summed E-state index contributed by atoms with van der Waals surface area (Å²) in [5.74, 6) is 0.103. The normalized spacial score (nSPS) is 26.6. The molecule has 34 heavy (non-hydrogen) atoms. The van der Waals surface area contributed by atoms with Gasteiger partial charge in [0.15, 0.2) is 0 Å². The monoisotopic (exact) mass is 472 g/mol. The van der Waals surface area contributed by atoms with E-state index < -0.39 is 0 Å². The van der Waals surface area contributed by atoms with Crippen LogP contribution in [-0.4, -0.2) is 96.1 Å². The van der Waals surface area contributed by atoms with Crippen molar-refractivity contribution in [2.45, 2.75) is 56.8 Å². The summed E-state index contributed by atoms with van der Waals surface area (Å²) >= 11 is 0. The largest absolute Gasteiger partial charge is 0.508 e. The Morgan fingerprint density at radius 3 is 2.50 bits per heavy atom. The van der Waals surface area contributed by atoms with Gasteiger partial charge >= 0.3 is 5.97 Å². The molecule has 0 spiro atoms. The minimum absolute atomic E-state index is 0.0480. The third-order valence-electron chi connectivity index (χ3n) is 7.75. The minimum Gasteiger partial charge on any atom is -0.508 e. The molecule has 3 fully saturated rings. The van der Waals surface area contributed by atoms with Gasteiger partial charge < -0.3 is 20.1 Å². The molecule has 0 bridgehead atoms. The van der Waals surface area contributed by atoms with Crippen molar-refractivity contribution in [3.63, 3.8) is 0 Å². The second-order valence-electron chi connectivity index (χ2n) is 9.72. The Kier molecular flexibility index (Phi) is 7.73. The number of carbonyl (C=O) groups excluding carboxylic acids is 3. The third kappa shape index (κ3) is 5.36. The van der Waals surface area contributed by atoms with E-state index >= 15 is 0 Å². The lowest BCUT2D eigenvalue weighted by atomic mass is 9.96. The molecule has 186 valence electrons. The Labute approximate surface area is 201 Å². The van der Waals surface area contributed by atoms with Crippen LogP contribution in [0.4, 0.5) is 0 Å². The van der Waals surface area contributed by atoms with Crippen LogP contribution in [0.2, 0.25) is 0 Å². The summed E-state index contributed by atoms with van der Waals surface area (Å²) in [6.07, 6.45) is 3.32. The molecule has 2 N–H and O–H groups in total. The van der Waals surface area contributed by atoms with Crippen LogP contribution in [0.15, 0.2) is 24.3 Å². The van der Waals surface area contributed by atoms with Gasteiger partial charge in [-0.3, -0.25) is 24.2 Å². The molecule has 0 saturated carbocycles. The number of rotatable bonds is 6. The number of esters is 1. The third-order valence-corrected chi connectivity index (χ3v) is 7.75. The number of fused-ring (bicyclic) bond motifs is 1. The number of piperidine rings is 1. The fraction of sp³-hybridized carbons (Fsp3) is 0.640. The molecule has 0 unspecified atom stereocenters. The Morgan fingerprint density at radius 1 is 1.12 bits per heavy atom. The van der Waals surface area contributed by atoms with Gasteiger partial charge in [-0.2, -0.15) is 0 Å². The van der Waals surface area contributed by atoms with Crippen LogP contribution in [0, 0.1) is 5.92 Å². The molecule has 9 heteroatoms. The van der Waals surface area contributed by atoms with Gasteiger partial charge in [-0.1, -0.05) is 12.1 Å². The topological polar surface area (TPSA) is 102 Å². The van der Waals surface area contributed by atoms with E-state index in [-0.39, 0.29) is 47.6 Å². The van der Waals surface area contributed by atoms with Gasteiger partial charge in [0.05, 0.1) is 13.0 Å². The van der Waals surface area contributed by atoms with E-state index in [1.165, 1.54) is 7.11 Å². The van der Waals surface area contributed by atoms with Crippen molar-refractivity contribution in [3.8, 4) is 5.75 Å². The van der Waals surface area contributed by atoms with Crippen molar-refractivity contribution in [1.82, 2.24) is 20.0 Å². The zero-order valence-corrected chi connectivity index (χ0v) is 20.1. The number of methoxy groups -OCH3 is 1. The number of phenolic OH excluding ortho intramolecular Hbond substituents is 1. The van der Waals surface area contributed by atoms with Crippen LogP contribution >= 0.6 is 0 Å². The highest BCUT2D eigenvalue weighted by Gasteiger charge is 2.45. The highest BCUT2D eigenvalue weighted by Crippen LogP contribution is 2.29. The van der Waals surface area contributed by atoms with Gasteiger partial charge in [0, 0.05) is 51.2 Å². The molecule has 0 aromatic heterocycles. The summed E-state index contributed by atoms with van der Waals surface area (Å²) in [6.45, 7) is 3.20. The first-order valence-electron chi connectivity index (χ1n) is 12.2. The summed E-state index contributed by atoms with van der Waals surface area (Å²) in [6, 6.07) is 7.11. The van der Waals surface area contributed by atoms with E-state index in [9.17, 15) is 19.5 Å². The number of carbonyl (C=O) groups is 3. The molecule has 3 atom stereocenters. The van der Waals surface area contributed by atoms with Crippen LogP contribution in [0.25, 0.3) is 0 Å². The lowest BCUT2D eigenvalue weighted by Gasteiger charge is -2.34. The number of amides is 2. The summed E-state index contributed by atoms with van der Waals surface area (Å²) in [5.41, 5.74) is 1.07. The Bertz CT molecular complexity index is 884. The first kappa shape index (κ1) is 24.5. The second-order valence-corrected chi connectivity index (χ2v) is 9.72. The van der Waals surface area contributed by atoms with E-state index in [4.69, 9.17) is 4.74 Å². The molecule has 0 radical (unpaired) electrons. The van der Waals surface area contributed by atoms with E-state index in [0.717, 1.165) is 18.5 Å². The average molecular weight is 473 g/mol. The number of likely N-dealkylation sites (tertiary alicyclic amines) is 2. The lowest BCUT2D eigenvalue weighted by Crippen LogP contribution is -2.49. The lowest BCUT2D eigenvalue weighted by molar-refractivity contribution is -0.149. The van der Waals surface area contributed by atoms with Gasteiger partial charge in [0.25, 0.3) is 0 Å². The number of ether oxygens (including phenoxy) is 1. The highest BCUT2D eigenvalue weighted by molar-refractivity contribution is 5.83. The van der Waals surface area contributed by atoms with Crippen LogP contribution in [0.5, 0.6) is 5.75 Å². The molecular formula is C25H36N4O5. The van der Waals surface area contributed by atoms with Gasteiger partial charge in [-0.15, -0.1) is 0 Å². The van der Waals surface area contributed by atoms with Crippen LogP contribution in [-0.2, 0) is 25.7 Å². The minimum atomic E-state index is -0.225. The number of likely N-dealkylation sites (N-methyl/N-ethyl adjacent to an activating group) is 1. The molecule has 0 aliphatic carbocycles. The molecule has 3 saturated heterocycles. The SMILES string of the molecule is COC(=O)C1CCN(C(=O)CC[C@H]2CNC(=O)[C@@H]3[C@H](CCN3Cc3ccc(O)cc3)N2C)CC1. The fourth-order valence-corrected chi connectivity index (χ4v) is 5.64. The van der Waals surface area contributed by atoms with Crippen molar-refractivity contribution in [3.05, 3.63) is 29.8 Å². The van der Waals surface area contributed by atoms with Crippen LogP contribution in [0.3, 0.4) is 0 Å². The smallest absolute Gasteiger partial charge is 0.308 e. The maximum atomic E-state index is 13.0. The highest BCUT2D eigenvalue weighted by atomic mass is 16.5. The van der Waals surface area contributed by atoms with Gasteiger partial charge in [-0.05, 0) is 50.4 Å². The van der Waals surface area contributed by atoms with Crippen molar-refractivity contribution in [2.24, 2.45) is 5.92 Å². The molecule has 3 heterocycles. The summed E-state index contributed by atoms with van der Waals surface area (Å²) < 4.78 is 4.83. The van der Waals surface area contributed by atoms with Crippen molar-refractivity contribution < 1.29 is 24.2 Å². The first-order chi connectivity index (χ1) is 16.4. The van der Waals surface area contributed by atoms with Crippen molar-refractivity contribution in [2.75, 3.05) is 40.3 Å². The maximum absolute atomic E-state index is 13.0. The molecule has 4 rings (SSSR count). The van der Waals surface area contributed by atoms with E-state index in [0.29, 0.717) is 51.9 Å². The average Bonchev–Trinajstić information content (AvgIpc) is 3.23. The Morgan fingerprint density at radius 2 is 1.82 bits per heavy atom. The maximum Gasteiger partial charge on any atom is 0.308 e. The predicted molar refractivity (Wildman–Crippen MR) is 126 cm³/mol. The molecule has 1 aromatic rings. The zero-order chi connectivity index (χ0) is 24.2. The Balaban J connectivity index is 1.31. The van der Waals surface area contributed by atoms with Crippen LogP contribution in [0.1, 0.15) is 37.7 Å². The number of nitrogens with zero attached hydrogens (tertiary/aromatic N) is 3. The number of hydrogen-bond donors (Lipinski definition) is 2. The van der Waals surface area contributed by atoms with E-state index in [2.05, 4.69) is 22.2 Å². The Hall–Kier alpha value is -2.65. The predicted octanol–water partition coefficient (Wildman–Crippen LogP) is 0.957. The van der Waals surface area contributed by atoms with Crippen molar-refractivity contribution >= 4 is 17.8 Å². The second kappa shape index (κ2) is 10.7. The quantitative estimate of drug-likeness (QED) is 0.595. The molecule has 2 amide bonds. The number of aromatic hydroxyl groups is 1. The summed E-state index contributed by atoms with van der Waals surface area (Å²) in [7, 11) is 3.47. The summed E-state index contributed by atoms with van der Waals surface area (Å²) in [4.78, 5) is 43.9. The van der Waals surface area contributed by atoms with Gasteiger partial charge in [0.2, 0.25) is 11.8 Å². The standard InChI is InChI=1S/C25H36N4O5/c1-27-19(5-8-22(31)28-12-9-18(10-13-28)25(33)34-2)15-26-24(32)23-21(27)11-14-29(23)16-17-3-6-20(30)7-4-17/h3-4,6-7,18-19,21,23,30H,5,8-16H2,1-2H3,(H,26,32)/t19-,21-,23-/m0/s1. The number of hydrogen-bond acceptors (Lipinski definition) is 7. The van der Waals surface area contributed by atoms with Gasteiger partial charge in [-0.25, -0.2) is 0 Å². The van der Waals surface area contributed by atoms with Crippen LogP contribution < -0.4 is 5.32 Å². The van der Waals surface area contributed by atoms with Gasteiger partial charge in [0.1, 0.15) is 11.8 Å². The number of nitrogens with one attached hydrogen (secondary N) is 1. The fourth-order valence-electron chi connectivity index (χ4n) is 5.64. The summed E-state index contributed by atoms with van der Waals surface area (Å²) in [5, 5.41) is 12.6. The molecule has 1 aromatic carbocycles. The molecule has 3 aliphatic heterocycles. The molecule has 9 nitrogen and oxygen atoms in total.